The Balaban J connectivity index is 1.94. The minimum absolute atomic E-state index is 0.00998. The molecule has 7 heteroatoms. The summed E-state index contributed by atoms with van der Waals surface area (Å²) >= 11 is 0. The molecular weight excluding hydrogens is 346 g/mol. The molecule has 1 N–H and O–H groups in total. The highest BCUT2D eigenvalue weighted by Crippen LogP contribution is 2.24. The molecule has 0 spiro atoms. The topological polar surface area (TPSA) is 86.4 Å². The van der Waals surface area contributed by atoms with Gasteiger partial charge in [0, 0.05) is 35.8 Å². The number of nitrogens with one attached hydrogen (secondary N) is 1. The van der Waals surface area contributed by atoms with Crippen molar-refractivity contribution in [1.82, 2.24) is 15.1 Å². The van der Waals surface area contributed by atoms with Gasteiger partial charge in [-0.15, -0.1) is 0 Å². The van der Waals surface area contributed by atoms with Gasteiger partial charge in [-0.25, -0.2) is 4.79 Å². The van der Waals surface area contributed by atoms with E-state index in [1.54, 1.807) is 29.1 Å². The van der Waals surface area contributed by atoms with Crippen molar-refractivity contribution in [3.05, 3.63) is 57.7 Å². The van der Waals surface area contributed by atoms with Gasteiger partial charge >= 0.3 is 5.63 Å². The van der Waals surface area contributed by atoms with E-state index in [4.69, 9.17) is 9.15 Å². The number of carbonyl (C=O) groups excluding carboxylic acids is 1. The van der Waals surface area contributed by atoms with Crippen LogP contribution in [0, 0.1) is 6.92 Å². The van der Waals surface area contributed by atoms with Crippen LogP contribution >= 0.6 is 0 Å². The standard InChI is InChI=1S/C20H23N3O4/c1-11(2)26-14-6-7-15-16(9-19(24)27-18(15)8-14)20(25)22-12(3)17-10-21-23(5)13(17)4/h6-12H,1-5H3,(H,22,25). The van der Waals surface area contributed by atoms with Crippen molar-refractivity contribution < 1.29 is 13.9 Å². The number of benzene rings is 1. The molecule has 0 aliphatic rings. The summed E-state index contributed by atoms with van der Waals surface area (Å²) in [6.45, 7) is 7.63. The largest absolute Gasteiger partial charge is 0.491 e. The van der Waals surface area contributed by atoms with Crippen LogP contribution < -0.4 is 15.7 Å². The smallest absolute Gasteiger partial charge is 0.337 e. The number of fused-ring (bicyclic) bond motifs is 1. The van der Waals surface area contributed by atoms with E-state index in [2.05, 4.69) is 10.4 Å². The molecule has 1 atom stereocenters. The number of ether oxygens (including phenoxy) is 1. The molecule has 1 unspecified atom stereocenters. The van der Waals surface area contributed by atoms with Crippen molar-refractivity contribution in [3.63, 3.8) is 0 Å². The highest BCUT2D eigenvalue weighted by Gasteiger charge is 2.19. The normalized spacial score (nSPS) is 12.4. The van der Waals surface area contributed by atoms with Crippen molar-refractivity contribution in [2.75, 3.05) is 0 Å². The molecule has 1 amide bonds. The molecule has 0 fully saturated rings. The second-order valence-electron chi connectivity index (χ2n) is 6.81. The van der Waals surface area contributed by atoms with Crippen LogP contribution in [-0.2, 0) is 7.05 Å². The number of nitrogens with zero attached hydrogens (tertiary/aromatic N) is 2. The molecule has 2 heterocycles. The Labute approximate surface area is 156 Å². The van der Waals surface area contributed by atoms with Gasteiger partial charge in [0.15, 0.2) is 0 Å². The lowest BCUT2D eigenvalue weighted by Gasteiger charge is -2.15. The zero-order chi connectivity index (χ0) is 19.7. The summed E-state index contributed by atoms with van der Waals surface area (Å²) < 4.78 is 12.6. The van der Waals surface area contributed by atoms with Gasteiger partial charge in [0.05, 0.1) is 23.9 Å². The summed E-state index contributed by atoms with van der Waals surface area (Å²) in [4.78, 5) is 24.8. The fourth-order valence-corrected chi connectivity index (χ4v) is 2.97. The van der Waals surface area contributed by atoms with E-state index < -0.39 is 5.63 Å². The summed E-state index contributed by atoms with van der Waals surface area (Å²) in [6, 6.07) is 6.07. The minimum atomic E-state index is -0.584. The number of hydrogen-bond acceptors (Lipinski definition) is 5. The molecule has 1 aromatic carbocycles. The van der Waals surface area contributed by atoms with Crippen LogP contribution in [0.4, 0.5) is 0 Å². The highest BCUT2D eigenvalue weighted by molar-refractivity contribution is 6.05. The van der Waals surface area contributed by atoms with Gasteiger partial charge in [0.25, 0.3) is 5.91 Å². The Kier molecular flexibility index (Phi) is 5.03. The molecule has 7 nitrogen and oxygen atoms in total. The molecule has 27 heavy (non-hydrogen) atoms. The molecule has 2 aromatic heterocycles. The SMILES string of the molecule is Cc1c(C(C)NC(=O)c2cc(=O)oc3cc(OC(C)C)ccc23)cnn1C. The van der Waals surface area contributed by atoms with Crippen LogP contribution in [0.15, 0.2) is 39.7 Å². The quantitative estimate of drug-likeness (QED) is 0.698. The number of aryl methyl sites for hydroxylation is 1. The maximum absolute atomic E-state index is 12.8. The maximum atomic E-state index is 12.8. The lowest BCUT2D eigenvalue weighted by atomic mass is 10.1. The Morgan fingerprint density at radius 1 is 1.26 bits per heavy atom. The lowest BCUT2D eigenvalue weighted by Crippen LogP contribution is -2.28. The van der Waals surface area contributed by atoms with E-state index in [0.717, 1.165) is 11.3 Å². The van der Waals surface area contributed by atoms with E-state index in [0.29, 0.717) is 16.7 Å². The van der Waals surface area contributed by atoms with Gasteiger partial charge in [0.1, 0.15) is 11.3 Å². The maximum Gasteiger partial charge on any atom is 0.337 e. The van der Waals surface area contributed by atoms with Crippen molar-refractivity contribution in [2.45, 2.75) is 39.8 Å². The van der Waals surface area contributed by atoms with Crippen LogP contribution in [-0.4, -0.2) is 21.8 Å². The molecule has 3 aromatic rings. The average molecular weight is 369 g/mol. The van der Waals surface area contributed by atoms with Crippen LogP contribution in [0.25, 0.3) is 11.0 Å². The molecular formula is C20H23N3O4. The molecule has 0 radical (unpaired) electrons. The van der Waals surface area contributed by atoms with Crippen LogP contribution in [0.1, 0.15) is 48.4 Å². The van der Waals surface area contributed by atoms with E-state index in [1.807, 2.05) is 34.7 Å². The van der Waals surface area contributed by atoms with Crippen LogP contribution in [0.2, 0.25) is 0 Å². The summed E-state index contributed by atoms with van der Waals surface area (Å²) in [5.41, 5.74) is 1.89. The predicted octanol–water partition coefficient (Wildman–Crippen LogP) is 3.11. The first-order chi connectivity index (χ1) is 12.8. The molecule has 0 aliphatic heterocycles. The van der Waals surface area contributed by atoms with E-state index in [9.17, 15) is 9.59 Å². The lowest BCUT2D eigenvalue weighted by molar-refractivity contribution is 0.0941. The van der Waals surface area contributed by atoms with Gasteiger partial charge in [-0.1, -0.05) is 0 Å². The third-order valence-electron chi connectivity index (χ3n) is 4.42. The first-order valence-corrected chi connectivity index (χ1v) is 8.80. The molecule has 0 saturated heterocycles. The zero-order valence-corrected chi connectivity index (χ0v) is 16.1. The van der Waals surface area contributed by atoms with E-state index in [-0.39, 0.29) is 23.6 Å². The van der Waals surface area contributed by atoms with E-state index in [1.165, 1.54) is 6.07 Å². The van der Waals surface area contributed by atoms with Gasteiger partial charge in [-0.3, -0.25) is 9.48 Å². The number of carbonyl (C=O) groups is 1. The average Bonchev–Trinajstić information content (AvgIpc) is 2.92. The van der Waals surface area contributed by atoms with Gasteiger partial charge in [-0.05, 0) is 39.8 Å². The minimum Gasteiger partial charge on any atom is -0.491 e. The van der Waals surface area contributed by atoms with Crippen molar-refractivity contribution >= 4 is 16.9 Å². The number of aromatic nitrogens is 2. The second kappa shape index (κ2) is 7.26. The highest BCUT2D eigenvalue weighted by atomic mass is 16.5. The first-order valence-electron chi connectivity index (χ1n) is 8.80. The monoisotopic (exact) mass is 369 g/mol. The second-order valence-corrected chi connectivity index (χ2v) is 6.81. The molecule has 0 bridgehead atoms. The summed E-state index contributed by atoms with van der Waals surface area (Å²) in [6.07, 6.45) is 1.72. The molecule has 3 rings (SSSR count). The fraction of sp³-hybridized carbons (Fsp3) is 0.350. The Morgan fingerprint density at radius 3 is 2.63 bits per heavy atom. The third-order valence-corrected chi connectivity index (χ3v) is 4.42. The summed E-state index contributed by atoms with van der Waals surface area (Å²) in [5, 5.41) is 7.68. The van der Waals surface area contributed by atoms with Gasteiger partial charge in [0.2, 0.25) is 0 Å². The van der Waals surface area contributed by atoms with E-state index >= 15 is 0 Å². The van der Waals surface area contributed by atoms with Crippen LogP contribution in [0.5, 0.6) is 5.75 Å². The predicted molar refractivity (Wildman–Crippen MR) is 102 cm³/mol. The van der Waals surface area contributed by atoms with Gasteiger partial charge in [-0.2, -0.15) is 5.10 Å². The first kappa shape index (κ1) is 18.7. The molecule has 142 valence electrons. The van der Waals surface area contributed by atoms with Crippen LogP contribution in [0.3, 0.4) is 0 Å². The number of rotatable bonds is 5. The van der Waals surface area contributed by atoms with Crippen molar-refractivity contribution in [1.29, 1.82) is 0 Å². The third kappa shape index (κ3) is 3.86. The molecule has 0 aliphatic carbocycles. The van der Waals surface area contributed by atoms with Crippen molar-refractivity contribution in [3.8, 4) is 5.75 Å². The Hall–Kier alpha value is -3.09. The number of hydrogen-bond donors (Lipinski definition) is 1. The Bertz CT molecular complexity index is 1050. The van der Waals surface area contributed by atoms with Gasteiger partial charge < -0.3 is 14.5 Å². The summed E-state index contributed by atoms with van der Waals surface area (Å²) in [7, 11) is 1.85. The number of amides is 1. The Morgan fingerprint density at radius 2 is 2.00 bits per heavy atom. The van der Waals surface area contributed by atoms with Crippen molar-refractivity contribution in [2.24, 2.45) is 7.05 Å². The molecule has 0 saturated carbocycles. The zero-order valence-electron chi connectivity index (χ0n) is 16.1. The fourth-order valence-electron chi connectivity index (χ4n) is 2.97. The summed E-state index contributed by atoms with van der Waals surface area (Å²) in [5.74, 6) is 0.235.